The van der Waals surface area contributed by atoms with Gasteiger partial charge in [-0.05, 0) is 24.5 Å². The van der Waals surface area contributed by atoms with Crippen molar-refractivity contribution in [2.45, 2.75) is 33.7 Å². The fraction of sp³-hybridized carbons (Fsp3) is 0.500. The Bertz CT molecular complexity index is 555. The van der Waals surface area contributed by atoms with Gasteiger partial charge in [0.2, 0.25) is 11.8 Å². The molecule has 0 unspecified atom stereocenters. The minimum absolute atomic E-state index is 0.0237. The summed E-state index contributed by atoms with van der Waals surface area (Å²) in [4.78, 5) is 23.6. The quantitative estimate of drug-likeness (QED) is 0.844. The van der Waals surface area contributed by atoms with Crippen LogP contribution in [0, 0.1) is 12.8 Å². The Morgan fingerprint density at radius 3 is 2.09 bits per heavy atom. The molecule has 2 amide bonds. The van der Waals surface area contributed by atoms with E-state index in [2.05, 4.69) is 10.6 Å². The summed E-state index contributed by atoms with van der Waals surface area (Å²) in [5.41, 5.74) is 1.47. The van der Waals surface area contributed by atoms with Crippen molar-refractivity contribution in [3.8, 4) is 11.5 Å². The Balaban J connectivity index is 3.02. The molecule has 1 aromatic carbocycles. The Morgan fingerprint density at radius 1 is 1.09 bits per heavy atom. The Hall–Kier alpha value is -2.24. The standard InChI is InChI=1S/C16H24N2O4/c1-9(2)15(17-11(4)19)16(20)18-12-8-14(22-6)13(21-5)7-10(12)3/h7-9,15H,1-6H3,(H,17,19)(H,18,20)/t15-/m1/s1. The zero-order valence-corrected chi connectivity index (χ0v) is 13.9. The fourth-order valence-electron chi connectivity index (χ4n) is 2.08. The number of methoxy groups -OCH3 is 2. The van der Waals surface area contributed by atoms with Gasteiger partial charge in [-0.15, -0.1) is 0 Å². The molecule has 0 fully saturated rings. The lowest BCUT2D eigenvalue weighted by Crippen LogP contribution is -2.46. The topological polar surface area (TPSA) is 76.7 Å². The summed E-state index contributed by atoms with van der Waals surface area (Å²) in [5, 5.41) is 5.50. The van der Waals surface area contributed by atoms with Crippen molar-refractivity contribution in [1.82, 2.24) is 5.32 Å². The normalized spacial score (nSPS) is 11.8. The lowest BCUT2D eigenvalue weighted by molar-refractivity contribution is -0.126. The first kappa shape index (κ1) is 17.8. The summed E-state index contributed by atoms with van der Waals surface area (Å²) < 4.78 is 10.5. The number of hydrogen-bond acceptors (Lipinski definition) is 4. The van der Waals surface area contributed by atoms with Gasteiger partial charge in [-0.1, -0.05) is 13.8 Å². The van der Waals surface area contributed by atoms with Crippen molar-refractivity contribution in [2.24, 2.45) is 5.92 Å². The smallest absolute Gasteiger partial charge is 0.247 e. The third-order valence-electron chi connectivity index (χ3n) is 3.30. The second kappa shape index (κ2) is 7.68. The molecule has 0 heterocycles. The third-order valence-corrected chi connectivity index (χ3v) is 3.30. The summed E-state index contributed by atoms with van der Waals surface area (Å²) in [6.07, 6.45) is 0. The second-order valence-electron chi connectivity index (χ2n) is 5.43. The van der Waals surface area contributed by atoms with Gasteiger partial charge in [-0.25, -0.2) is 0 Å². The van der Waals surface area contributed by atoms with Gasteiger partial charge in [0.05, 0.1) is 14.2 Å². The summed E-state index contributed by atoms with van der Waals surface area (Å²) in [5.74, 6) is 0.604. The maximum atomic E-state index is 12.4. The summed E-state index contributed by atoms with van der Waals surface area (Å²) in [6.45, 7) is 7.01. The van der Waals surface area contributed by atoms with E-state index in [0.717, 1.165) is 5.56 Å². The molecular formula is C16H24N2O4. The molecule has 0 saturated heterocycles. The minimum Gasteiger partial charge on any atom is -0.493 e. The lowest BCUT2D eigenvalue weighted by atomic mass is 10.0. The van der Waals surface area contributed by atoms with Crippen molar-refractivity contribution in [3.63, 3.8) is 0 Å². The number of hydrogen-bond donors (Lipinski definition) is 2. The van der Waals surface area contributed by atoms with E-state index >= 15 is 0 Å². The number of carbonyl (C=O) groups is 2. The van der Waals surface area contributed by atoms with Crippen molar-refractivity contribution in [3.05, 3.63) is 17.7 Å². The third kappa shape index (κ3) is 4.38. The van der Waals surface area contributed by atoms with Gasteiger partial charge < -0.3 is 20.1 Å². The molecular weight excluding hydrogens is 284 g/mol. The Labute approximate surface area is 131 Å². The van der Waals surface area contributed by atoms with Crippen LogP contribution < -0.4 is 20.1 Å². The van der Waals surface area contributed by atoms with Crippen LogP contribution in [0.3, 0.4) is 0 Å². The zero-order valence-electron chi connectivity index (χ0n) is 13.9. The van der Waals surface area contributed by atoms with Crippen LogP contribution in [0.2, 0.25) is 0 Å². The van der Waals surface area contributed by atoms with Gasteiger partial charge >= 0.3 is 0 Å². The van der Waals surface area contributed by atoms with Crippen LogP contribution in [-0.2, 0) is 9.59 Å². The lowest BCUT2D eigenvalue weighted by Gasteiger charge is -2.22. The van der Waals surface area contributed by atoms with E-state index in [1.807, 2.05) is 20.8 Å². The molecule has 2 N–H and O–H groups in total. The number of nitrogens with one attached hydrogen (secondary N) is 2. The zero-order chi connectivity index (χ0) is 16.9. The van der Waals surface area contributed by atoms with Crippen LogP contribution in [0.15, 0.2) is 12.1 Å². The largest absolute Gasteiger partial charge is 0.493 e. The first-order valence-electron chi connectivity index (χ1n) is 7.10. The predicted molar refractivity (Wildman–Crippen MR) is 85.4 cm³/mol. The maximum Gasteiger partial charge on any atom is 0.247 e. The molecule has 1 aromatic rings. The molecule has 6 heteroatoms. The number of carbonyl (C=O) groups excluding carboxylic acids is 2. The van der Waals surface area contributed by atoms with Gasteiger partial charge in [-0.2, -0.15) is 0 Å². The molecule has 1 rings (SSSR count). The van der Waals surface area contributed by atoms with E-state index in [0.29, 0.717) is 17.2 Å². The number of anilines is 1. The molecule has 0 aliphatic carbocycles. The molecule has 0 aliphatic heterocycles. The average molecular weight is 308 g/mol. The number of aryl methyl sites for hydroxylation is 1. The van der Waals surface area contributed by atoms with E-state index in [4.69, 9.17) is 9.47 Å². The van der Waals surface area contributed by atoms with Crippen LogP contribution in [0.25, 0.3) is 0 Å². The maximum absolute atomic E-state index is 12.4. The van der Waals surface area contributed by atoms with E-state index in [1.54, 1.807) is 19.2 Å². The van der Waals surface area contributed by atoms with Crippen molar-refractivity contribution >= 4 is 17.5 Å². The molecule has 0 saturated carbocycles. The van der Waals surface area contributed by atoms with Gasteiger partial charge in [0.25, 0.3) is 0 Å². The molecule has 1 atom stereocenters. The highest BCUT2D eigenvalue weighted by Crippen LogP contribution is 2.33. The minimum atomic E-state index is -0.593. The molecule has 22 heavy (non-hydrogen) atoms. The number of rotatable bonds is 6. The Morgan fingerprint density at radius 2 is 1.64 bits per heavy atom. The van der Waals surface area contributed by atoms with Crippen molar-refractivity contribution in [2.75, 3.05) is 19.5 Å². The van der Waals surface area contributed by atoms with Gasteiger partial charge in [-0.3, -0.25) is 9.59 Å². The van der Waals surface area contributed by atoms with Gasteiger partial charge in [0, 0.05) is 18.7 Å². The molecule has 0 aliphatic rings. The van der Waals surface area contributed by atoms with E-state index < -0.39 is 6.04 Å². The average Bonchev–Trinajstić information content (AvgIpc) is 2.45. The number of ether oxygens (including phenoxy) is 2. The highest BCUT2D eigenvalue weighted by Gasteiger charge is 2.23. The fourth-order valence-corrected chi connectivity index (χ4v) is 2.08. The summed E-state index contributed by atoms with van der Waals surface area (Å²) >= 11 is 0. The van der Waals surface area contributed by atoms with Crippen LogP contribution >= 0.6 is 0 Å². The monoisotopic (exact) mass is 308 g/mol. The van der Waals surface area contributed by atoms with Gasteiger partial charge in [0.1, 0.15) is 6.04 Å². The first-order chi connectivity index (χ1) is 10.3. The molecule has 0 aromatic heterocycles. The predicted octanol–water partition coefficient (Wildman–Crippen LogP) is 2.11. The van der Waals surface area contributed by atoms with Crippen LogP contribution in [0.5, 0.6) is 11.5 Å². The van der Waals surface area contributed by atoms with Crippen LogP contribution in [0.1, 0.15) is 26.3 Å². The summed E-state index contributed by atoms with van der Waals surface area (Å²) in [6, 6.07) is 2.90. The van der Waals surface area contributed by atoms with Crippen molar-refractivity contribution in [1.29, 1.82) is 0 Å². The first-order valence-corrected chi connectivity index (χ1v) is 7.10. The van der Waals surface area contributed by atoms with Crippen LogP contribution in [-0.4, -0.2) is 32.1 Å². The molecule has 0 radical (unpaired) electrons. The van der Waals surface area contributed by atoms with E-state index in [9.17, 15) is 9.59 Å². The molecule has 0 spiro atoms. The van der Waals surface area contributed by atoms with Crippen LogP contribution in [0.4, 0.5) is 5.69 Å². The van der Waals surface area contributed by atoms with E-state index in [1.165, 1.54) is 14.0 Å². The highest BCUT2D eigenvalue weighted by atomic mass is 16.5. The molecule has 122 valence electrons. The molecule has 0 bridgehead atoms. The number of amides is 2. The van der Waals surface area contributed by atoms with Gasteiger partial charge in [0.15, 0.2) is 11.5 Å². The van der Waals surface area contributed by atoms with E-state index in [-0.39, 0.29) is 17.7 Å². The SMILES string of the molecule is COc1cc(C)c(NC(=O)[C@H](NC(C)=O)C(C)C)cc1OC. The molecule has 6 nitrogen and oxygen atoms in total. The van der Waals surface area contributed by atoms with Crippen molar-refractivity contribution < 1.29 is 19.1 Å². The number of benzene rings is 1. The Kier molecular flexibility index (Phi) is 6.22. The summed E-state index contributed by atoms with van der Waals surface area (Å²) in [7, 11) is 3.09. The second-order valence-corrected chi connectivity index (χ2v) is 5.43. The highest BCUT2D eigenvalue weighted by molar-refractivity contribution is 5.98.